The molecule has 1 saturated heterocycles. The molecule has 1 heterocycles. The van der Waals surface area contributed by atoms with Crippen molar-refractivity contribution in [1.29, 1.82) is 0 Å². The van der Waals surface area contributed by atoms with Gasteiger partial charge < -0.3 is 14.9 Å². The third-order valence-electron chi connectivity index (χ3n) is 4.14. The number of carboxylic acid groups (broad SMARTS) is 1. The van der Waals surface area contributed by atoms with Crippen LogP contribution in [0.25, 0.3) is 0 Å². The number of likely N-dealkylation sites (tertiary alicyclic amines) is 1. The van der Waals surface area contributed by atoms with Crippen molar-refractivity contribution in [1.82, 2.24) is 9.80 Å². The van der Waals surface area contributed by atoms with Crippen LogP contribution >= 0.6 is 0 Å². The Hall–Kier alpha value is -1.26. The maximum absolute atomic E-state index is 12.3. The number of rotatable bonds is 4. The molecule has 102 valence electrons. The van der Waals surface area contributed by atoms with E-state index in [2.05, 4.69) is 6.92 Å². The van der Waals surface area contributed by atoms with E-state index in [9.17, 15) is 9.59 Å². The molecule has 1 saturated carbocycles. The lowest BCUT2D eigenvalue weighted by Gasteiger charge is -2.29. The standard InChI is InChI=1S/C13H22N2O3/c1-9-6-10(9)8-14(2)13(18)15-5-3-4-11(15)7-12(16)17/h9-11H,3-8H2,1-2H3,(H,16,17). The minimum Gasteiger partial charge on any atom is -0.481 e. The Bertz CT molecular complexity index is 345. The first kappa shape index (κ1) is 13.2. The predicted molar refractivity (Wildman–Crippen MR) is 67.3 cm³/mol. The van der Waals surface area contributed by atoms with Gasteiger partial charge in [0, 0.05) is 26.2 Å². The fourth-order valence-electron chi connectivity index (χ4n) is 2.80. The zero-order chi connectivity index (χ0) is 13.3. The number of hydrogen-bond acceptors (Lipinski definition) is 2. The smallest absolute Gasteiger partial charge is 0.320 e. The average molecular weight is 254 g/mol. The summed E-state index contributed by atoms with van der Waals surface area (Å²) in [6, 6.07) is -0.119. The molecule has 5 nitrogen and oxygen atoms in total. The molecule has 1 aliphatic carbocycles. The average Bonchev–Trinajstić information content (AvgIpc) is 2.79. The van der Waals surface area contributed by atoms with E-state index < -0.39 is 5.97 Å². The van der Waals surface area contributed by atoms with E-state index in [1.807, 2.05) is 7.05 Å². The van der Waals surface area contributed by atoms with Crippen LogP contribution in [0.1, 0.15) is 32.6 Å². The molecule has 0 bridgehead atoms. The molecule has 0 radical (unpaired) electrons. The van der Waals surface area contributed by atoms with Crippen molar-refractivity contribution in [3.63, 3.8) is 0 Å². The number of carbonyl (C=O) groups excluding carboxylic acids is 1. The Labute approximate surface area is 108 Å². The van der Waals surface area contributed by atoms with Crippen LogP contribution in [0.5, 0.6) is 0 Å². The topological polar surface area (TPSA) is 60.9 Å². The molecule has 0 aromatic rings. The van der Waals surface area contributed by atoms with Gasteiger partial charge >= 0.3 is 12.0 Å². The molecule has 5 heteroatoms. The highest BCUT2D eigenvalue weighted by atomic mass is 16.4. The summed E-state index contributed by atoms with van der Waals surface area (Å²) in [5.74, 6) is 0.547. The van der Waals surface area contributed by atoms with Gasteiger partial charge in [0.15, 0.2) is 0 Å². The molecule has 2 amide bonds. The van der Waals surface area contributed by atoms with E-state index in [0.29, 0.717) is 12.5 Å². The molecular weight excluding hydrogens is 232 g/mol. The molecule has 3 atom stereocenters. The zero-order valence-corrected chi connectivity index (χ0v) is 11.1. The fourth-order valence-corrected chi connectivity index (χ4v) is 2.80. The lowest BCUT2D eigenvalue weighted by molar-refractivity contribution is -0.138. The number of hydrogen-bond donors (Lipinski definition) is 1. The normalized spacial score (nSPS) is 30.3. The third-order valence-corrected chi connectivity index (χ3v) is 4.14. The Balaban J connectivity index is 1.88. The molecule has 1 aliphatic heterocycles. The maximum Gasteiger partial charge on any atom is 0.320 e. The summed E-state index contributed by atoms with van der Waals surface area (Å²) in [5.41, 5.74) is 0. The lowest BCUT2D eigenvalue weighted by atomic mass is 10.1. The van der Waals surface area contributed by atoms with Crippen molar-refractivity contribution in [3.8, 4) is 0 Å². The summed E-state index contributed by atoms with van der Waals surface area (Å²) < 4.78 is 0. The first-order chi connectivity index (χ1) is 8.49. The van der Waals surface area contributed by atoms with Crippen molar-refractivity contribution in [3.05, 3.63) is 0 Å². The first-order valence-corrected chi connectivity index (χ1v) is 6.72. The monoisotopic (exact) mass is 254 g/mol. The van der Waals surface area contributed by atoms with E-state index in [1.165, 1.54) is 6.42 Å². The third kappa shape index (κ3) is 2.94. The van der Waals surface area contributed by atoms with Crippen LogP contribution in [0.3, 0.4) is 0 Å². The molecule has 0 aromatic carbocycles. The maximum atomic E-state index is 12.3. The second-order valence-corrected chi connectivity index (χ2v) is 5.72. The largest absolute Gasteiger partial charge is 0.481 e. The molecular formula is C13H22N2O3. The molecule has 3 unspecified atom stereocenters. The van der Waals surface area contributed by atoms with Crippen molar-refractivity contribution in [2.75, 3.05) is 20.1 Å². The van der Waals surface area contributed by atoms with Crippen molar-refractivity contribution >= 4 is 12.0 Å². The van der Waals surface area contributed by atoms with Crippen LogP contribution in [0.4, 0.5) is 4.79 Å². The van der Waals surface area contributed by atoms with Gasteiger partial charge in [-0.3, -0.25) is 4.79 Å². The first-order valence-electron chi connectivity index (χ1n) is 6.72. The number of aliphatic carboxylic acids is 1. The molecule has 0 spiro atoms. The number of carbonyl (C=O) groups is 2. The number of urea groups is 1. The Kier molecular flexibility index (Phi) is 3.78. The van der Waals surface area contributed by atoms with Gasteiger partial charge in [0.2, 0.25) is 0 Å². The predicted octanol–water partition coefficient (Wildman–Crippen LogP) is 1.63. The van der Waals surface area contributed by atoms with E-state index in [1.54, 1.807) is 9.80 Å². The van der Waals surface area contributed by atoms with E-state index in [4.69, 9.17) is 5.11 Å². The van der Waals surface area contributed by atoms with Crippen LogP contribution in [-0.4, -0.2) is 53.1 Å². The van der Waals surface area contributed by atoms with Gasteiger partial charge in [-0.15, -0.1) is 0 Å². The second kappa shape index (κ2) is 5.16. The number of carboxylic acids is 1. The molecule has 1 N–H and O–H groups in total. The van der Waals surface area contributed by atoms with E-state index in [0.717, 1.165) is 25.3 Å². The molecule has 18 heavy (non-hydrogen) atoms. The van der Waals surface area contributed by atoms with Crippen LogP contribution in [0, 0.1) is 11.8 Å². The minimum absolute atomic E-state index is 0.00199. The summed E-state index contributed by atoms with van der Waals surface area (Å²) in [6.07, 6.45) is 3.00. The van der Waals surface area contributed by atoms with Gasteiger partial charge in [-0.2, -0.15) is 0 Å². The highest BCUT2D eigenvalue weighted by Gasteiger charge is 2.37. The quantitative estimate of drug-likeness (QED) is 0.829. The van der Waals surface area contributed by atoms with Gasteiger partial charge in [0.05, 0.1) is 6.42 Å². The molecule has 2 aliphatic rings. The van der Waals surface area contributed by atoms with Gasteiger partial charge in [0.1, 0.15) is 0 Å². The van der Waals surface area contributed by atoms with Crippen LogP contribution in [0.15, 0.2) is 0 Å². The molecule has 0 aromatic heterocycles. The minimum atomic E-state index is -0.821. The second-order valence-electron chi connectivity index (χ2n) is 5.72. The van der Waals surface area contributed by atoms with Crippen molar-refractivity contribution in [2.24, 2.45) is 11.8 Å². The molecule has 2 rings (SSSR count). The van der Waals surface area contributed by atoms with Crippen LogP contribution in [-0.2, 0) is 4.79 Å². The highest BCUT2D eigenvalue weighted by Crippen LogP contribution is 2.38. The lowest BCUT2D eigenvalue weighted by Crippen LogP contribution is -2.45. The van der Waals surface area contributed by atoms with E-state index in [-0.39, 0.29) is 18.5 Å². The Morgan fingerprint density at radius 3 is 2.67 bits per heavy atom. The highest BCUT2D eigenvalue weighted by molar-refractivity contribution is 5.76. The summed E-state index contributed by atoms with van der Waals surface area (Å²) in [4.78, 5) is 26.5. The number of amides is 2. The van der Waals surface area contributed by atoms with Crippen LogP contribution < -0.4 is 0 Å². The zero-order valence-electron chi connectivity index (χ0n) is 11.1. The summed E-state index contributed by atoms with van der Waals surface area (Å²) in [7, 11) is 1.82. The number of nitrogens with zero attached hydrogens (tertiary/aromatic N) is 2. The molecule has 2 fully saturated rings. The summed E-state index contributed by atoms with van der Waals surface area (Å²) >= 11 is 0. The fraction of sp³-hybridized carbons (Fsp3) is 0.846. The van der Waals surface area contributed by atoms with Gasteiger partial charge in [-0.25, -0.2) is 4.79 Å². The Morgan fingerprint density at radius 2 is 2.11 bits per heavy atom. The summed E-state index contributed by atoms with van der Waals surface area (Å²) in [6.45, 7) is 3.70. The van der Waals surface area contributed by atoms with Crippen LogP contribution in [0.2, 0.25) is 0 Å². The van der Waals surface area contributed by atoms with Crippen molar-refractivity contribution < 1.29 is 14.7 Å². The van der Waals surface area contributed by atoms with Gasteiger partial charge in [-0.1, -0.05) is 6.92 Å². The van der Waals surface area contributed by atoms with E-state index >= 15 is 0 Å². The SMILES string of the molecule is CC1CC1CN(C)C(=O)N1CCCC1CC(=O)O. The Morgan fingerprint density at radius 1 is 1.44 bits per heavy atom. The van der Waals surface area contributed by atoms with Gasteiger partial charge in [-0.05, 0) is 31.1 Å². The summed E-state index contributed by atoms with van der Waals surface area (Å²) in [5, 5.41) is 8.85. The van der Waals surface area contributed by atoms with Crippen molar-refractivity contribution in [2.45, 2.75) is 38.6 Å². The van der Waals surface area contributed by atoms with Gasteiger partial charge in [0.25, 0.3) is 0 Å².